The molecule has 0 radical (unpaired) electrons. The minimum atomic E-state index is -4.81. The van der Waals surface area contributed by atoms with E-state index in [0.717, 1.165) is 17.7 Å². The minimum Gasteiger partial charge on any atom is -0.387 e. The summed E-state index contributed by atoms with van der Waals surface area (Å²) >= 11 is 0. The maximum Gasteiger partial charge on any atom is 0.469 e. The van der Waals surface area contributed by atoms with E-state index in [-0.39, 0.29) is 5.82 Å². The molecule has 4 atom stereocenters. The number of aliphatic hydroxyl groups excluding tert-OH is 1. The minimum absolute atomic E-state index is 0.0678. The van der Waals surface area contributed by atoms with E-state index in [4.69, 9.17) is 20.3 Å². The zero-order chi connectivity index (χ0) is 16.7. The molecule has 0 bridgehead atoms. The predicted molar refractivity (Wildman–Crippen MR) is 70.3 cm³/mol. The van der Waals surface area contributed by atoms with Crippen LogP contribution in [0.4, 0.5) is 10.2 Å². The van der Waals surface area contributed by atoms with Crippen molar-refractivity contribution in [1.29, 1.82) is 0 Å². The van der Waals surface area contributed by atoms with Gasteiger partial charge in [0.1, 0.15) is 18.0 Å². The van der Waals surface area contributed by atoms with Gasteiger partial charge in [-0.15, -0.1) is 0 Å². The number of halogens is 1. The highest BCUT2D eigenvalue weighted by Crippen LogP contribution is 2.43. The van der Waals surface area contributed by atoms with Gasteiger partial charge < -0.3 is 25.4 Å². The van der Waals surface area contributed by atoms with Gasteiger partial charge >= 0.3 is 13.5 Å². The first-order valence-electron chi connectivity index (χ1n) is 6.09. The van der Waals surface area contributed by atoms with Gasteiger partial charge in [-0.05, 0) is 13.0 Å². The van der Waals surface area contributed by atoms with Crippen molar-refractivity contribution in [3.63, 3.8) is 0 Å². The van der Waals surface area contributed by atoms with E-state index in [1.807, 2.05) is 0 Å². The molecule has 1 unspecified atom stereocenters. The highest BCUT2D eigenvalue weighted by atomic mass is 31.2. The average Bonchev–Trinajstić information content (AvgIpc) is 2.59. The standard InChI is InChI=1S/C10H15FN3O7P/c1-10(11)7(15)5(4-20-22(17,18)19)21-8(10)14-3-2-6(12)13-9(14)16/h2-3,5,7-8,15H,4H2,1H3,(H2,12,13,16)(H2,17,18,19)/t5-,7-,8-,10?/m1/s1. The van der Waals surface area contributed by atoms with E-state index >= 15 is 0 Å². The average molecular weight is 339 g/mol. The lowest BCUT2D eigenvalue weighted by molar-refractivity contribution is -0.0604. The number of rotatable bonds is 4. The SMILES string of the molecule is CC1(F)[C@H](O)[C@@H](COP(=O)(O)O)O[C@H]1n1ccc(N)nc1=O. The van der Waals surface area contributed by atoms with Crippen LogP contribution < -0.4 is 11.4 Å². The van der Waals surface area contributed by atoms with Gasteiger partial charge in [0, 0.05) is 6.20 Å². The fourth-order valence-corrected chi connectivity index (χ4v) is 2.47. The summed E-state index contributed by atoms with van der Waals surface area (Å²) in [5, 5.41) is 9.90. The molecule has 0 aliphatic carbocycles. The van der Waals surface area contributed by atoms with Gasteiger partial charge in [0.2, 0.25) is 0 Å². The third kappa shape index (κ3) is 3.35. The van der Waals surface area contributed by atoms with Crippen molar-refractivity contribution in [2.45, 2.75) is 31.0 Å². The van der Waals surface area contributed by atoms with Crippen LogP contribution in [0.25, 0.3) is 0 Å². The topological polar surface area (TPSA) is 157 Å². The smallest absolute Gasteiger partial charge is 0.387 e. The quantitative estimate of drug-likeness (QED) is 0.501. The Kier molecular flexibility index (Phi) is 4.39. The van der Waals surface area contributed by atoms with Crippen LogP contribution in [0.5, 0.6) is 0 Å². The fraction of sp³-hybridized carbons (Fsp3) is 0.600. The second-order valence-electron chi connectivity index (χ2n) is 4.95. The molecule has 5 N–H and O–H groups in total. The first-order chi connectivity index (χ1) is 10.0. The second kappa shape index (κ2) is 5.69. The molecule has 0 spiro atoms. The van der Waals surface area contributed by atoms with Crippen LogP contribution in [0.15, 0.2) is 17.1 Å². The van der Waals surface area contributed by atoms with E-state index in [0.29, 0.717) is 0 Å². The van der Waals surface area contributed by atoms with Crippen LogP contribution in [0.2, 0.25) is 0 Å². The molecule has 2 heterocycles. The van der Waals surface area contributed by atoms with E-state index in [1.54, 1.807) is 0 Å². The molecule has 1 aromatic rings. The van der Waals surface area contributed by atoms with Gasteiger partial charge in [0.15, 0.2) is 11.9 Å². The lowest BCUT2D eigenvalue weighted by Crippen LogP contribution is -2.43. The number of hydrogen-bond acceptors (Lipinski definition) is 7. The molecule has 2 rings (SSSR count). The fourth-order valence-electron chi connectivity index (χ4n) is 2.13. The number of ether oxygens (including phenoxy) is 1. The number of nitrogen functional groups attached to an aromatic ring is 1. The van der Waals surface area contributed by atoms with Crippen LogP contribution in [0.1, 0.15) is 13.2 Å². The van der Waals surface area contributed by atoms with Gasteiger partial charge in [0.05, 0.1) is 6.61 Å². The molecule has 1 aromatic heterocycles. The Morgan fingerprint density at radius 2 is 2.27 bits per heavy atom. The summed E-state index contributed by atoms with van der Waals surface area (Å²) in [4.78, 5) is 32.4. The number of nitrogens with two attached hydrogens (primary N) is 1. The molecule has 0 saturated carbocycles. The van der Waals surface area contributed by atoms with Gasteiger partial charge in [0.25, 0.3) is 0 Å². The largest absolute Gasteiger partial charge is 0.469 e. The third-order valence-corrected chi connectivity index (χ3v) is 3.71. The van der Waals surface area contributed by atoms with Gasteiger partial charge in [-0.25, -0.2) is 13.8 Å². The van der Waals surface area contributed by atoms with Crippen LogP contribution in [-0.2, 0) is 13.8 Å². The number of phosphoric acid groups is 1. The first-order valence-corrected chi connectivity index (χ1v) is 7.62. The molecule has 124 valence electrons. The van der Waals surface area contributed by atoms with Crippen LogP contribution in [0.3, 0.4) is 0 Å². The summed E-state index contributed by atoms with van der Waals surface area (Å²) in [6, 6.07) is 1.24. The molecule has 22 heavy (non-hydrogen) atoms. The Labute approximate surface area is 123 Å². The van der Waals surface area contributed by atoms with Crippen molar-refractivity contribution in [2.75, 3.05) is 12.3 Å². The Balaban J connectivity index is 2.26. The molecular formula is C10H15FN3O7P. The summed E-state index contributed by atoms with van der Waals surface area (Å²) < 4.78 is 35.5. The number of alkyl halides is 1. The van der Waals surface area contributed by atoms with E-state index < -0.39 is 44.2 Å². The van der Waals surface area contributed by atoms with Crippen molar-refractivity contribution in [3.8, 4) is 0 Å². The predicted octanol–water partition coefficient (Wildman–Crippen LogP) is -1.08. The molecule has 1 fully saturated rings. The van der Waals surface area contributed by atoms with E-state index in [2.05, 4.69) is 9.51 Å². The number of aliphatic hydroxyl groups is 1. The van der Waals surface area contributed by atoms with Crippen molar-refractivity contribution < 1.29 is 33.1 Å². The van der Waals surface area contributed by atoms with Crippen molar-refractivity contribution >= 4 is 13.6 Å². The summed E-state index contributed by atoms with van der Waals surface area (Å²) in [5.41, 5.74) is 2.03. The lowest BCUT2D eigenvalue weighted by atomic mass is 9.98. The monoisotopic (exact) mass is 339 g/mol. The molecular weight excluding hydrogens is 324 g/mol. The summed E-state index contributed by atoms with van der Waals surface area (Å²) in [5.74, 6) is -0.0678. The van der Waals surface area contributed by atoms with Crippen molar-refractivity contribution in [1.82, 2.24) is 9.55 Å². The number of hydrogen-bond donors (Lipinski definition) is 4. The normalized spacial score (nSPS) is 32.3. The number of phosphoric ester groups is 1. The molecule has 10 nitrogen and oxygen atoms in total. The van der Waals surface area contributed by atoms with E-state index in [1.165, 1.54) is 6.07 Å². The van der Waals surface area contributed by atoms with Crippen LogP contribution in [-0.4, -0.2) is 48.9 Å². The third-order valence-electron chi connectivity index (χ3n) is 3.23. The number of nitrogens with zero attached hydrogens (tertiary/aromatic N) is 2. The van der Waals surface area contributed by atoms with Gasteiger partial charge in [-0.3, -0.25) is 9.09 Å². The maximum absolute atomic E-state index is 14.7. The Morgan fingerprint density at radius 3 is 2.82 bits per heavy atom. The summed E-state index contributed by atoms with van der Waals surface area (Å²) in [6.45, 7) is 0.237. The maximum atomic E-state index is 14.7. The van der Waals surface area contributed by atoms with Crippen molar-refractivity contribution in [3.05, 3.63) is 22.7 Å². The highest BCUT2D eigenvalue weighted by molar-refractivity contribution is 7.46. The number of aromatic nitrogens is 2. The summed E-state index contributed by atoms with van der Waals surface area (Å²) in [7, 11) is -4.81. The van der Waals surface area contributed by atoms with Crippen LogP contribution in [0, 0.1) is 0 Å². The highest BCUT2D eigenvalue weighted by Gasteiger charge is 2.55. The molecule has 12 heteroatoms. The Bertz CT molecular complexity index is 660. The second-order valence-corrected chi connectivity index (χ2v) is 6.19. The molecule has 1 aliphatic rings. The first kappa shape index (κ1) is 17.0. The Hall–Kier alpha value is -1.36. The summed E-state index contributed by atoms with van der Waals surface area (Å²) in [6.07, 6.45) is -3.55. The molecule has 0 amide bonds. The molecule has 1 saturated heterocycles. The molecule has 0 aromatic carbocycles. The van der Waals surface area contributed by atoms with Gasteiger partial charge in [-0.2, -0.15) is 4.98 Å². The zero-order valence-electron chi connectivity index (χ0n) is 11.4. The molecule has 1 aliphatic heterocycles. The van der Waals surface area contributed by atoms with Crippen LogP contribution >= 0.6 is 7.82 Å². The zero-order valence-corrected chi connectivity index (χ0v) is 12.3. The van der Waals surface area contributed by atoms with E-state index in [9.17, 15) is 18.9 Å². The van der Waals surface area contributed by atoms with Gasteiger partial charge in [-0.1, -0.05) is 0 Å². The van der Waals surface area contributed by atoms with Crippen molar-refractivity contribution in [2.24, 2.45) is 0 Å². The number of anilines is 1. The Morgan fingerprint density at radius 1 is 1.64 bits per heavy atom. The lowest BCUT2D eigenvalue weighted by Gasteiger charge is -2.24.